The molecule has 0 aliphatic heterocycles. The minimum absolute atomic E-state index is 0.511. The van der Waals surface area contributed by atoms with Gasteiger partial charge in [0.1, 0.15) is 0 Å². The molecule has 57 heavy (non-hydrogen) atoms. The van der Waals surface area contributed by atoms with E-state index in [1.54, 1.807) is 0 Å². The zero-order valence-corrected chi connectivity index (χ0v) is 31.2. The molecule has 0 N–H and O–H groups in total. The fourth-order valence-corrected chi connectivity index (χ4v) is 9.25. The van der Waals surface area contributed by atoms with Gasteiger partial charge >= 0.3 is 0 Å². The summed E-state index contributed by atoms with van der Waals surface area (Å²) in [5.41, 5.74) is 14.5. The van der Waals surface area contributed by atoms with E-state index in [2.05, 4.69) is 206 Å². The molecular weight excluding hydrogens is 689 g/mol. The van der Waals surface area contributed by atoms with Gasteiger partial charge in [-0.3, -0.25) is 0 Å². The summed E-state index contributed by atoms with van der Waals surface area (Å²) in [6.07, 6.45) is 0. The highest BCUT2D eigenvalue weighted by Gasteiger charge is 2.46. The average molecular weight is 725 g/mol. The van der Waals surface area contributed by atoms with Crippen molar-refractivity contribution in [3.8, 4) is 56.2 Å². The van der Waals surface area contributed by atoms with Crippen LogP contribution in [0.15, 0.2) is 218 Å². The van der Waals surface area contributed by atoms with Gasteiger partial charge in [0.05, 0.1) is 16.8 Å². The predicted molar refractivity (Wildman–Crippen MR) is 236 cm³/mol. The van der Waals surface area contributed by atoms with E-state index < -0.39 is 5.41 Å². The highest BCUT2D eigenvalue weighted by Crippen LogP contribution is 2.58. The Balaban J connectivity index is 1.15. The van der Waals surface area contributed by atoms with Gasteiger partial charge in [-0.2, -0.15) is 0 Å². The van der Waals surface area contributed by atoms with Crippen molar-refractivity contribution in [3.63, 3.8) is 0 Å². The first kappa shape index (κ1) is 33.0. The Bertz CT molecular complexity index is 3000. The molecule has 9 aromatic carbocycles. The Kier molecular flexibility index (Phi) is 7.75. The zero-order valence-electron chi connectivity index (χ0n) is 31.2. The Morgan fingerprint density at radius 3 is 1.42 bits per heavy atom. The summed E-state index contributed by atoms with van der Waals surface area (Å²) in [5, 5.41) is 4.81. The predicted octanol–water partition coefficient (Wildman–Crippen LogP) is 13.8. The van der Waals surface area contributed by atoms with Gasteiger partial charge in [-0.1, -0.05) is 200 Å². The highest BCUT2D eigenvalue weighted by atomic mass is 14.9. The largest absolute Gasteiger partial charge is 0.228 e. The topological polar surface area (TPSA) is 25.8 Å². The Morgan fingerprint density at radius 2 is 0.807 bits per heavy atom. The third-order valence-electron chi connectivity index (χ3n) is 11.8. The third kappa shape index (κ3) is 5.26. The normalized spacial score (nSPS) is 12.7. The van der Waals surface area contributed by atoms with Crippen LogP contribution >= 0.6 is 0 Å². The lowest BCUT2D eigenvalue weighted by Gasteiger charge is -2.34. The highest BCUT2D eigenvalue weighted by molar-refractivity contribution is 6.07. The van der Waals surface area contributed by atoms with Crippen molar-refractivity contribution in [1.29, 1.82) is 0 Å². The van der Waals surface area contributed by atoms with Gasteiger partial charge in [0.25, 0.3) is 0 Å². The van der Waals surface area contributed by atoms with Gasteiger partial charge < -0.3 is 0 Å². The van der Waals surface area contributed by atoms with E-state index in [0.717, 1.165) is 38.9 Å². The Morgan fingerprint density at radius 1 is 0.316 bits per heavy atom. The number of rotatable bonds is 6. The molecule has 0 unspecified atom stereocenters. The van der Waals surface area contributed by atoms with Gasteiger partial charge in [-0.15, -0.1) is 0 Å². The van der Waals surface area contributed by atoms with Crippen molar-refractivity contribution in [2.45, 2.75) is 5.41 Å². The molecular formula is C55H36N2. The van der Waals surface area contributed by atoms with Crippen LogP contribution in [0.3, 0.4) is 0 Å². The molecule has 0 spiro atoms. The van der Waals surface area contributed by atoms with Gasteiger partial charge in [-0.25, -0.2) is 9.97 Å². The van der Waals surface area contributed by atoms with E-state index in [-0.39, 0.29) is 0 Å². The van der Waals surface area contributed by atoms with Gasteiger partial charge in [0, 0.05) is 16.7 Å². The fraction of sp³-hybridized carbons (Fsp3) is 0.0182. The Labute approximate surface area is 332 Å². The van der Waals surface area contributed by atoms with Crippen molar-refractivity contribution < 1.29 is 0 Å². The second kappa shape index (κ2) is 13.4. The van der Waals surface area contributed by atoms with Crippen LogP contribution in [-0.2, 0) is 5.41 Å². The summed E-state index contributed by atoms with van der Waals surface area (Å²) in [7, 11) is 0. The lowest BCUT2D eigenvalue weighted by atomic mass is 9.67. The third-order valence-corrected chi connectivity index (χ3v) is 11.8. The molecule has 0 saturated carbocycles. The number of aromatic nitrogens is 2. The molecule has 0 atom stereocenters. The molecule has 2 heteroatoms. The van der Waals surface area contributed by atoms with Crippen molar-refractivity contribution in [2.24, 2.45) is 0 Å². The first-order valence-electron chi connectivity index (χ1n) is 19.6. The maximum atomic E-state index is 5.22. The second-order valence-corrected chi connectivity index (χ2v) is 14.9. The maximum Gasteiger partial charge on any atom is 0.161 e. The molecule has 0 amide bonds. The van der Waals surface area contributed by atoms with Crippen LogP contribution in [0.1, 0.15) is 22.3 Å². The molecule has 266 valence electrons. The van der Waals surface area contributed by atoms with Gasteiger partial charge in [0.2, 0.25) is 0 Å². The second-order valence-electron chi connectivity index (χ2n) is 14.9. The summed E-state index contributed by atoms with van der Waals surface area (Å²) in [5.74, 6) is 0.710. The summed E-state index contributed by atoms with van der Waals surface area (Å²) in [6.45, 7) is 0. The molecule has 1 aliphatic rings. The monoisotopic (exact) mass is 724 g/mol. The van der Waals surface area contributed by atoms with Crippen LogP contribution in [0.4, 0.5) is 0 Å². The van der Waals surface area contributed by atoms with E-state index in [1.165, 1.54) is 55.3 Å². The summed E-state index contributed by atoms with van der Waals surface area (Å²) in [6, 6.07) is 78.8. The molecule has 0 fully saturated rings. The fourth-order valence-electron chi connectivity index (χ4n) is 9.25. The lowest BCUT2D eigenvalue weighted by molar-refractivity contribution is 0.769. The molecule has 2 nitrogen and oxygen atoms in total. The zero-order chi connectivity index (χ0) is 37.8. The molecule has 10 aromatic rings. The standard InChI is InChI=1S/C55H36N2/c1-5-18-38(19-6-1)51-36-52(39-20-7-2-8-21-39)57-54(56-51)47-33-32-43(45-27-15-16-28-46(45)47)40-29-31-48-50(35-40)55(41-22-9-3-10-23-41,42-24-11-4-12-25-42)49-34-30-37-17-13-14-26-44(37)53(48)49/h1-36H. The SMILES string of the molecule is c1ccc(-c2cc(-c3ccccc3)nc(-c3ccc(-c4ccc5c(c4)C(c4ccccc4)(c4ccccc4)c4ccc6ccccc6c4-5)c4ccccc34)n2)cc1. The van der Waals surface area contributed by atoms with Crippen LogP contribution in [-0.4, -0.2) is 9.97 Å². The summed E-state index contributed by atoms with van der Waals surface area (Å²) < 4.78 is 0. The summed E-state index contributed by atoms with van der Waals surface area (Å²) >= 11 is 0. The molecule has 1 aliphatic carbocycles. The summed E-state index contributed by atoms with van der Waals surface area (Å²) in [4.78, 5) is 10.4. The van der Waals surface area contributed by atoms with Crippen LogP contribution in [0.5, 0.6) is 0 Å². The van der Waals surface area contributed by atoms with E-state index in [4.69, 9.17) is 9.97 Å². The van der Waals surface area contributed by atoms with E-state index in [9.17, 15) is 0 Å². The van der Waals surface area contributed by atoms with E-state index in [0.29, 0.717) is 5.82 Å². The van der Waals surface area contributed by atoms with E-state index >= 15 is 0 Å². The van der Waals surface area contributed by atoms with Crippen molar-refractivity contribution in [3.05, 3.63) is 241 Å². The average Bonchev–Trinajstić information content (AvgIpc) is 3.60. The first-order valence-corrected chi connectivity index (χ1v) is 19.6. The molecule has 1 heterocycles. The van der Waals surface area contributed by atoms with Crippen molar-refractivity contribution in [2.75, 3.05) is 0 Å². The molecule has 11 rings (SSSR count). The van der Waals surface area contributed by atoms with Gasteiger partial charge in [-0.05, 0) is 84.3 Å². The first-order chi connectivity index (χ1) is 28.3. The number of hydrogen-bond donors (Lipinski definition) is 0. The number of fused-ring (bicyclic) bond motifs is 6. The van der Waals surface area contributed by atoms with Crippen molar-refractivity contribution >= 4 is 21.5 Å². The van der Waals surface area contributed by atoms with Gasteiger partial charge in [0.15, 0.2) is 5.82 Å². The quantitative estimate of drug-likeness (QED) is 0.171. The Hall–Kier alpha value is -7.42. The smallest absolute Gasteiger partial charge is 0.161 e. The number of benzene rings is 9. The van der Waals surface area contributed by atoms with Crippen LogP contribution in [0.2, 0.25) is 0 Å². The van der Waals surface area contributed by atoms with E-state index in [1.807, 2.05) is 12.1 Å². The number of hydrogen-bond acceptors (Lipinski definition) is 2. The van der Waals surface area contributed by atoms with Crippen LogP contribution < -0.4 is 0 Å². The van der Waals surface area contributed by atoms with Crippen molar-refractivity contribution in [1.82, 2.24) is 9.97 Å². The maximum absolute atomic E-state index is 5.22. The molecule has 0 radical (unpaired) electrons. The molecule has 0 bridgehead atoms. The lowest BCUT2D eigenvalue weighted by Crippen LogP contribution is -2.28. The van der Waals surface area contributed by atoms with Crippen LogP contribution in [0, 0.1) is 0 Å². The minimum atomic E-state index is -0.511. The molecule has 0 saturated heterocycles. The van der Waals surface area contributed by atoms with Crippen LogP contribution in [0.25, 0.3) is 77.7 Å². The number of nitrogens with zero attached hydrogens (tertiary/aromatic N) is 2. The molecule has 1 aromatic heterocycles. The minimum Gasteiger partial charge on any atom is -0.228 e.